The molecule has 0 saturated heterocycles. The highest BCUT2D eigenvalue weighted by molar-refractivity contribution is 5.98. The average molecular weight is 392 g/mol. The number of rotatable bonds is 8. The van der Waals surface area contributed by atoms with Crippen molar-refractivity contribution in [3.63, 3.8) is 0 Å². The predicted molar refractivity (Wildman–Crippen MR) is 106 cm³/mol. The zero-order valence-corrected chi connectivity index (χ0v) is 15.9. The zero-order valence-electron chi connectivity index (χ0n) is 15.9. The minimum atomic E-state index is -0.726. The highest BCUT2D eigenvalue weighted by Gasteiger charge is 2.22. The van der Waals surface area contributed by atoms with Crippen LogP contribution in [0.2, 0.25) is 0 Å². The van der Waals surface area contributed by atoms with Crippen LogP contribution in [0, 0.1) is 11.3 Å². The number of esters is 1. The van der Waals surface area contributed by atoms with Crippen molar-refractivity contribution in [1.29, 1.82) is 5.26 Å². The summed E-state index contributed by atoms with van der Waals surface area (Å²) < 4.78 is 16.2. The van der Waals surface area contributed by atoms with Gasteiger partial charge >= 0.3 is 5.97 Å². The van der Waals surface area contributed by atoms with Crippen LogP contribution in [0.4, 0.5) is 5.69 Å². The molecule has 0 atom stereocenters. The van der Waals surface area contributed by atoms with Gasteiger partial charge in [-0.25, -0.2) is 4.79 Å². The molecule has 7 heteroatoms. The number of amides is 1. The number of anilines is 1. The molecule has 0 aliphatic heterocycles. The smallest absolute Gasteiger partial charge is 0.375 e. The summed E-state index contributed by atoms with van der Waals surface area (Å²) >= 11 is 0. The standard InChI is InChI=1S/C22H20N2O5/c1-2-27-13-18-17-5-3-4-6-19(17)29-21(18)22(26)28-14-20(25)24-16-9-7-15(8-10-16)11-12-23/h3-10H,2,11,13-14H2,1H3,(H,24,25). The number of furan rings is 1. The summed E-state index contributed by atoms with van der Waals surface area (Å²) in [5.41, 5.74) is 2.55. The minimum absolute atomic E-state index is 0.0355. The number of carbonyl (C=O) groups excluding carboxylic acids is 2. The molecule has 1 heterocycles. The molecule has 29 heavy (non-hydrogen) atoms. The molecule has 1 aromatic heterocycles. The monoisotopic (exact) mass is 392 g/mol. The zero-order chi connectivity index (χ0) is 20.6. The Kier molecular flexibility index (Phi) is 6.61. The lowest BCUT2D eigenvalue weighted by molar-refractivity contribution is -0.119. The van der Waals surface area contributed by atoms with E-state index in [1.807, 2.05) is 19.1 Å². The van der Waals surface area contributed by atoms with Crippen LogP contribution in [0.1, 0.15) is 28.6 Å². The maximum atomic E-state index is 12.5. The summed E-state index contributed by atoms with van der Waals surface area (Å²) in [5.74, 6) is -1.17. The van der Waals surface area contributed by atoms with E-state index in [-0.39, 0.29) is 12.4 Å². The second kappa shape index (κ2) is 9.53. The van der Waals surface area contributed by atoms with E-state index in [2.05, 4.69) is 11.4 Å². The first-order chi connectivity index (χ1) is 14.1. The van der Waals surface area contributed by atoms with Gasteiger partial charge in [0.05, 0.1) is 19.1 Å². The van der Waals surface area contributed by atoms with Crippen molar-refractivity contribution in [2.24, 2.45) is 0 Å². The van der Waals surface area contributed by atoms with Crippen molar-refractivity contribution < 1.29 is 23.5 Å². The third-order valence-electron chi connectivity index (χ3n) is 4.19. The van der Waals surface area contributed by atoms with E-state index in [4.69, 9.17) is 19.2 Å². The van der Waals surface area contributed by atoms with Crippen LogP contribution in [-0.2, 0) is 27.3 Å². The molecular weight excluding hydrogens is 372 g/mol. The fourth-order valence-corrected chi connectivity index (χ4v) is 2.80. The summed E-state index contributed by atoms with van der Waals surface area (Å²) in [6.07, 6.45) is 0.299. The number of nitrogens with zero attached hydrogens (tertiary/aromatic N) is 1. The molecule has 0 fully saturated rings. The molecule has 0 unspecified atom stereocenters. The molecule has 0 spiro atoms. The minimum Gasteiger partial charge on any atom is -0.450 e. The number of hydrogen-bond acceptors (Lipinski definition) is 6. The Morgan fingerprint density at radius 1 is 1.14 bits per heavy atom. The van der Waals surface area contributed by atoms with Gasteiger partial charge in [-0.3, -0.25) is 4.79 Å². The number of benzene rings is 2. The van der Waals surface area contributed by atoms with Crippen LogP contribution in [0.15, 0.2) is 52.9 Å². The van der Waals surface area contributed by atoms with Crippen molar-refractivity contribution in [3.05, 3.63) is 65.4 Å². The van der Waals surface area contributed by atoms with E-state index in [9.17, 15) is 9.59 Å². The van der Waals surface area contributed by atoms with Gasteiger partial charge in [0.2, 0.25) is 5.76 Å². The Morgan fingerprint density at radius 3 is 2.62 bits per heavy atom. The average Bonchev–Trinajstić information content (AvgIpc) is 3.11. The van der Waals surface area contributed by atoms with Crippen LogP contribution in [0.5, 0.6) is 0 Å². The molecule has 3 aromatic rings. The lowest BCUT2D eigenvalue weighted by Crippen LogP contribution is -2.21. The van der Waals surface area contributed by atoms with E-state index >= 15 is 0 Å². The van der Waals surface area contributed by atoms with Crippen LogP contribution in [0.3, 0.4) is 0 Å². The Balaban J connectivity index is 1.64. The van der Waals surface area contributed by atoms with Crippen molar-refractivity contribution in [2.75, 3.05) is 18.5 Å². The molecule has 1 N–H and O–H groups in total. The van der Waals surface area contributed by atoms with Crippen molar-refractivity contribution in [2.45, 2.75) is 20.0 Å². The van der Waals surface area contributed by atoms with E-state index < -0.39 is 18.5 Å². The largest absolute Gasteiger partial charge is 0.450 e. The fraction of sp³-hybridized carbons (Fsp3) is 0.227. The molecular formula is C22H20N2O5. The third-order valence-corrected chi connectivity index (χ3v) is 4.19. The molecule has 7 nitrogen and oxygen atoms in total. The van der Waals surface area contributed by atoms with E-state index in [0.717, 1.165) is 10.9 Å². The normalized spacial score (nSPS) is 10.5. The Labute approximate surface area is 167 Å². The maximum Gasteiger partial charge on any atom is 0.375 e. The van der Waals surface area contributed by atoms with Crippen LogP contribution < -0.4 is 5.32 Å². The molecule has 3 rings (SSSR count). The number of fused-ring (bicyclic) bond motifs is 1. The van der Waals surface area contributed by atoms with Gasteiger partial charge < -0.3 is 19.2 Å². The third kappa shape index (κ3) is 5.00. The Bertz CT molecular complexity index is 1050. The van der Waals surface area contributed by atoms with Gasteiger partial charge in [0.1, 0.15) is 5.58 Å². The van der Waals surface area contributed by atoms with Gasteiger partial charge in [-0.1, -0.05) is 30.3 Å². The van der Waals surface area contributed by atoms with Crippen molar-refractivity contribution >= 4 is 28.5 Å². The molecule has 0 bridgehead atoms. The number of para-hydroxylation sites is 1. The molecule has 0 aliphatic rings. The first-order valence-electron chi connectivity index (χ1n) is 9.13. The molecule has 148 valence electrons. The molecule has 2 aromatic carbocycles. The van der Waals surface area contributed by atoms with Gasteiger partial charge in [0.25, 0.3) is 5.91 Å². The highest BCUT2D eigenvalue weighted by Crippen LogP contribution is 2.27. The van der Waals surface area contributed by atoms with Crippen molar-refractivity contribution in [3.8, 4) is 6.07 Å². The fourth-order valence-electron chi connectivity index (χ4n) is 2.80. The highest BCUT2D eigenvalue weighted by atomic mass is 16.5. The van der Waals surface area contributed by atoms with E-state index in [0.29, 0.717) is 29.9 Å². The van der Waals surface area contributed by atoms with Crippen LogP contribution >= 0.6 is 0 Å². The molecule has 0 radical (unpaired) electrons. The SMILES string of the molecule is CCOCc1c(C(=O)OCC(=O)Nc2ccc(CC#N)cc2)oc2ccccc12. The Morgan fingerprint density at radius 2 is 1.90 bits per heavy atom. The number of carbonyl (C=O) groups is 2. The molecule has 1 amide bonds. The predicted octanol–water partition coefficient (Wildman–Crippen LogP) is 3.83. The lowest BCUT2D eigenvalue weighted by atomic mass is 10.1. The first kappa shape index (κ1) is 20.1. The second-order valence-electron chi connectivity index (χ2n) is 6.20. The number of hydrogen-bond donors (Lipinski definition) is 1. The quantitative estimate of drug-likeness (QED) is 0.585. The summed E-state index contributed by atoms with van der Waals surface area (Å²) in [6.45, 7) is 2.10. The summed E-state index contributed by atoms with van der Waals surface area (Å²) in [4.78, 5) is 24.6. The first-order valence-corrected chi connectivity index (χ1v) is 9.13. The van der Waals surface area contributed by atoms with Gasteiger partial charge in [-0.2, -0.15) is 5.26 Å². The van der Waals surface area contributed by atoms with Gasteiger partial charge in [-0.15, -0.1) is 0 Å². The van der Waals surface area contributed by atoms with Gasteiger partial charge in [-0.05, 0) is 30.7 Å². The van der Waals surface area contributed by atoms with E-state index in [1.165, 1.54) is 0 Å². The maximum absolute atomic E-state index is 12.5. The Hall–Kier alpha value is -3.63. The van der Waals surface area contributed by atoms with Gasteiger partial charge in [0, 0.05) is 23.2 Å². The number of ether oxygens (including phenoxy) is 2. The van der Waals surface area contributed by atoms with Crippen LogP contribution in [0.25, 0.3) is 11.0 Å². The molecule has 0 saturated carbocycles. The summed E-state index contributed by atoms with van der Waals surface area (Å²) in [6, 6.07) is 16.2. The second-order valence-corrected chi connectivity index (χ2v) is 6.20. The summed E-state index contributed by atoms with van der Waals surface area (Å²) in [7, 11) is 0. The summed E-state index contributed by atoms with van der Waals surface area (Å²) in [5, 5.41) is 12.1. The van der Waals surface area contributed by atoms with Gasteiger partial charge in [0.15, 0.2) is 6.61 Å². The molecule has 0 aliphatic carbocycles. The lowest BCUT2D eigenvalue weighted by Gasteiger charge is -2.07. The van der Waals surface area contributed by atoms with Crippen LogP contribution in [-0.4, -0.2) is 25.1 Å². The van der Waals surface area contributed by atoms with Crippen molar-refractivity contribution in [1.82, 2.24) is 0 Å². The van der Waals surface area contributed by atoms with E-state index in [1.54, 1.807) is 36.4 Å². The number of nitriles is 1. The topological polar surface area (TPSA) is 102 Å². The number of nitrogens with one attached hydrogen (secondary N) is 1.